The van der Waals surface area contributed by atoms with Gasteiger partial charge in [0.15, 0.2) is 0 Å². The minimum absolute atomic E-state index is 0.576. The van der Waals surface area contributed by atoms with Gasteiger partial charge in [-0.1, -0.05) is 31.0 Å². The van der Waals surface area contributed by atoms with Gasteiger partial charge in [0.1, 0.15) is 0 Å². The van der Waals surface area contributed by atoms with Crippen LogP contribution in [0.25, 0.3) is 0 Å². The maximum Gasteiger partial charge on any atom is 0.282 e. The second-order valence-electron chi connectivity index (χ2n) is 6.95. The van der Waals surface area contributed by atoms with E-state index in [-0.39, 0.29) is 0 Å². The number of anilines is 1. The summed E-state index contributed by atoms with van der Waals surface area (Å²) >= 11 is 0. The molecule has 6 heteroatoms. The van der Waals surface area contributed by atoms with Crippen molar-refractivity contribution in [1.82, 2.24) is 8.61 Å². The van der Waals surface area contributed by atoms with Crippen LogP contribution in [0.5, 0.6) is 0 Å². The van der Waals surface area contributed by atoms with Gasteiger partial charge in [-0.3, -0.25) is 0 Å². The number of aryl methyl sites for hydroxylation is 2. The molecule has 0 spiro atoms. The Hall–Kier alpha value is -1.11. The SMILES string of the molecule is Cc1cccc(C)c1N1CCN(S(=O)(=O)N2CCCCCC2)CC1. The van der Waals surface area contributed by atoms with E-state index in [4.69, 9.17) is 0 Å². The Morgan fingerprint density at radius 2 is 1.25 bits per heavy atom. The molecular weight excluding hydrogens is 322 g/mol. The highest BCUT2D eigenvalue weighted by Crippen LogP contribution is 2.26. The molecule has 0 N–H and O–H groups in total. The summed E-state index contributed by atoms with van der Waals surface area (Å²) in [5, 5.41) is 0. The lowest BCUT2D eigenvalue weighted by molar-refractivity contribution is 0.327. The van der Waals surface area contributed by atoms with Gasteiger partial charge in [-0.05, 0) is 37.8 Å². The van der Waals surface area contributed by atoms with Gasteiger partial charge in [-0.25, -0.2) is 0 Å². The molecule has 3 rings (SSSR count). The summed E-state index contributed by atoms with van der Waals surface area (Å²) in [5.41, 5.74) is 3.79. The number of rotatable bonds is 3. The van der Waals surface area contributed by atoms with Gasteiger partial charge in [0, 0.05) is 45.0 Å². The Morgan fingerprint density at radius 3 is 1.79 bits per heavy atom. The maximum absolute atomic E-state index is 12.9. The Morgan fingerprint density at radius 1 is 0.750 bits per heavy atom. The Bertz CT molecular complexity index is 639. The average Bonchev–Trinajstić information content (AvgIpc) is 2.85. The van der Waals surface area contributed by atoms with Crippen LogP contribution in [-0.4, -0.2) is 56.3 Å². The van der Waals surface area contributed by atoms with E-state index < -0.39 is 10.2 Å². The lowest BCUT2D eigenvalue weighted by Gasteiger charge is -2.38. The van der Waals surface area contributed by atoms with Crippen LogP contribution < -0.4 is 4.90 Å². The fourth-order valence-electron chi connectivity index (χ4n) is 3.88. The summed E-state index contributed by atoms with van der Waals surface area (Å²) in [5.74, 6) is 0. The molecule has 2 fully saturated rings. The number of hydrogen-bond donors (Lipinski definition) is 0. The molecule has 2 saturated heterocycles. The number of hydrogen-bond acceptors (Lipinski definition) is 3. The summed E-state index contributed by atoms with van der Waals surface area (Å²) in [6, 6.07) is 6.33. The minimum atomic E-state index is -3.29. The van der Waals surface area contributed by atoms with Gasteiger partial charge in [-0.2, -0.15) is 17.0 Å². The molecule has 0 aromatic heterocycles. The van der Waals surface area contributed by atoms with Gasteiger partial charge in [0.2, 0.25) is 0 Å². The van der Waals surface area contributed by atoms with Crippen molar-refractivity contribution in [3.63, 3.8) is 0 Å². The number of nitrogens with zero attached hydrogens (tertiary/aromatic N) is 3. The fourth-order valence-corrected chi connectivity index (χ4v) is 5.55. The van der Waals surface area contributed by atoms with E-state index in [0.29, 0.717) is 26.2 Å². The predicted octanol–water partition coefficient (Wildman–Crippen LogP) is 2.55. The van der Waals surface area contributed by atoms with E-state index >= 15 is 0 Å². The second-order valence-corrected chi connectivity index (χ2v) is 8.88. The van der Waals surface area contributed by atoms with Crippen molar-refractivity contribution in [2.24, 2.45) is 0 Å². The molecule has 0 unspecified atom stereocenters. The lowest BCUT2D eigenvalue weighted by Crippen LogP contribution is -2.53. The summed E-state index contributed by atoms with van der Waals surface area (Å²) in [6.07, 6.45) is 4.27. The quantitative estimate of drug-likeness (QED) is 0.841. The summed E-state index contributed by atoms with van der Waals surface area (Å²) in [7, 11) is -3.29. The van der Waals surface area contributed by atoms with E-state index in [1.165, 1.54) is 16.8 Å². The summed E-state index contributed by atoms with van der Waals surface area (Å²) in [6.45, 7) is 8.29. The zero-order chi connectivity index (χ0) is 17.2. The molecule has 5 nitrogen and oxygen atoms in total. The van der Waals surface area contributed by atoms with Crippen molar-refractivity contribution in [2.75, 3.05) is 44.2 Å². The molecule has 2 aliphatic rings. The first-order valence-corrected chi connectivity index (χ1v) is 10.5. The lowest BCUT2D eigenvalue weighted by atomic mass is 10.1. The van der Waals surface area contributed by atoms with Crippen LogP contribution in [0, 0.1) is 13.8 Å². The van der Waals surface area contributed by atoms with E-state index in [1.54, 1.807) is 8.61 Å². The van der Waals surface area contributed by atoms with E-state index in [0.717, 1.165) is 38.8 Å². The van der Waals surface area contributed by atoms with Crippen molar-refractivity contribution >= 4 is 15.9 Å². The van der Waals surface area contributed by atoms with E-state index in [1.807, 2.05) is 0 Å². The van der Waals surface area contributed by atoms with Gasteiger partial charge < -0.3 is 4.90 Å². The predicted molar refractivity (Wildman–Crippen MR) is 98.7 cm³/mol. The summed E-state index contributed by atoms with van der Waals surface area (Å²) < 4.78 is 29.2. The first-order valence-electron chi connectivity index (χ1n) is 9.06. The highest BCUT2D eigenvalue weighted by molar-refractivity contribution is 7.86. The number of piperazine rings is 1. The second kappa shape index (κ2) is 7.42. The fraction of sp³-hybridized carbons (Fsp3) is 0.667. The average molecular weight is 352 g/mol. The zero-order valence-electron chi connectivity index (χ0n) is 14.9. The zero-order valence-corrected chi connectivity index (χ0v) is 15.7. The molecule has 1 aromatic rings. The van der Waals surface area contributed by atoms with Crippen molar-refractivity contribution in [3.05, 3.63) is 29.3 Å². The van der Waals surface area contributed by atoms with Crippen LogP contribution in [0.4, 0.5) is 5.69 Å². The topological polar surface area (TPSA) is 43.9 Å². The molecule has 2 heterocycles. The van der Waals surface area contributed by atoms with Crippen LogP contribution in [-0.2, 0) is 10.2 Å². The van der Waals surface area contributed by atoms with Crippen molar-refractivity contribution < 1.29 is 8.42 Å². The third-order valence-corrected chi connectivity index (χ3v) is 7.25. The standard InChI is InChI=1S/C18H29N3O2S/c1-16-8-7-9-17(2)18(16)19-12-14-21(15-13-19)24(22,23)20-10-5-3-4-6-11-20/h7-9H,3-6,10-15H2,1-2H3. The van der Waals surface area contributed by atoms with Gasteiger partial charge in [0.25, 0.3) is 10.2 Å². The van der Waals surface area contributed by atoms with Crippen molar-refractivity contribution in [2.45, 2.75) is 39.5 Å². The molecule has 2 aliphatic heterocycles. The van der Waals surface area contributed by atoms with Gasteiger partial charge in [0.05, 0.1) is 0 Å². The molecule has 0 bridgehead atoms. The Kier molecular flexibility index (Phi) is 5.47. The molecule has 0 aliphatic carbocycles. The van der Waals surface area contributed by atoms with Crippen LogP contribution in [0.15, 0.2) is 18.2 Å². The van der Waals surface area contributed by atoms with Crippen LogP contribution in [0.3, 0.4) is 0 Å². The third kappa shape index (κ3) is 3.60. The van der Waals surface area contributed by atoms with Gasteiger partial charge >= 0.3 is 0 Å². The molecule has 24 heavy (non-hydrogen) atoms. The van der Waals surface area contributed by atoms with Crippen molar-refractivity contribution in [3.8, 4) is 0 Å². The third-order valence-electron chi connectivity index (χ3n) is 5.21. The minimum Gasteiger partial charge on any atom is -0.368 e. The van der Waals surface area contributed by atoms with Crippen LogP contribution in [0.2, 0.25) is 0 Å². The molecular formula is C18H29N3O2S. The first kappa shape index (κ1) is 17.7. The summed E-state index contributed by atoms with van der Waals surface area (Å²) in [4.78, 5) is 2.33. The molecule has 0 amide bonds. The Balaban J connectivity index is 1.68. The van der Waals surface area contributed by atoms with Crippen molar-refractivity contribution in [1.29, 1.82) is 0 Å². The molecule has 1 aromatic carbocycles. The van der Waals surface area contributed by atoms with E-state index in [2.05, 4.69) is 36.9 Å². The normalized spacial score (nSPS) is 21.7. The van der Waals surface area contributed by atoms with Crippen LogP contribution in [0.1, 0.15) is 36.8 Å². The Labute approximate surface area is 146 Å². The molecule has 0 radical (unpaired) electrons. The molecule has 0 atom stereocenters. The maximum atomic E-state index is 12.9. The largest absolute Gasteiger partial charge is 0.368 e. The number of para-hydroxylation sites is 1. The smallest absolute Gasteiger partial charge is 0.282 e. The van der Waals surface area contributed by atoms with Crippen LogP contribution >= 0.6 is 0 Å². The highest BCUT2D eigenvalue weighted by atomic mass is 32.2. The number of benzene rings is 1. The van der Waals surface area contributed by atoms with E-state index in [9.17, 15) is 8.42 Å². The molecule has 134 valence electrons. The monoisotopic (exact) mass is 351 g/mol. The first-order chi connectivity index (χ1) is 11.5. The van der Waals surface area contributed by atoms with Gasteiger partial charge in [-0.15, -0.1) is 0 Å². The molecule has 0 saturated carbocycles. The highest BCUT2D eigenvalue weighted by Gasteiger charge is 2.32.